The second-order valence-electron chi connectivity index (χ2n) is 5.51. The van der Waals surface area contributed by atoms with Crippen molar-refractivity contribution >= 4 is 0 Å². The zero-order chi connectivity index (χ0) is 10.5. The van der Waals surface area contributed by atoms with Crippen LogP contribution in [-0.2, 0) is 0 Å². The molecule has 0 unspecified atom stereocenters. The van der Waals surface area contributed by atoms with Gasteiger partial charge in [-0.1, -0.05) is 34.6 Å². The molecule has 80 valence electrons. The van der Waals surface area contributed by atoms with Crippen LogP contribution in [0.5, 0.6) is 0 Å². The van der Waals surface area contributed by atoms with E-state index in [1.54, 1.807) is 0 Å². The van der Waals surface area contributed by atoms with Gasteiger partial charge in [0, 0.05) is 5.54 Å². The Bertz CT molecular complexity index is 129. The minimum absolute atomic E-state index is 0.352. The quantitative estimate of drug-likeness (QED) is 0.690. The van der Waals surface area contributed by atoms with Crippen LogP contribution in [0, 0.1) is 5.41 Å². The lowest BCUT2D eigenvalue weighted by atomic mass is 9.90. The van der Waals surface area contributed by atoms with E-state index in [4.69, 9.17) is 0 Å². The van der Waals surface area contributed by atoms with Gasteiger partial charge in [-0.05, 0) is 38.1 Å². The van der Waals surface area contributed by atoms with Crippen molar-refractivity contribution in [2.24, 2.45) is 5.41 Å². The second-order valence-corrected chi connectivity index (χ2v) is 5.51. The van der Waals surface area contributed by atoms with Crippen molar-refractivity contribution in [1.82, 2.24) is 5.32 Å². The summed E-state index contributed by atoms with van der Waals surface area (Å²) < 4.78 is 0. The fourth-order valence-electron chi connectivity index (χ4n) is 1.24. The predicted octanol–water partition coefficient (Wildman–Crippen LogP) is 3.59. The lowest BCUT2D eigenvalue weighted by Gasteiger charge is -2.30. The van der Waals surface area contributed by atoms with Gasteiger partial charge in [-0.15, -0.1) is 0 Å². The van der Waals surface area contributed by atoms with Gasteiger partial charge in [-0.3, -0.25) is 0 Å². The third kappa shape index (κ3) is 6.09. The van der Waals surface area contributed by atoms with E-state index in [0.29, 0.717) is 11.0 Å². The number of rotatable bonds is 5. The molecule has 0 saturated carbocycles. The third-order valence-electron chi connectivity index (χ3n) is 2.99. The molecular weight excluding hydrogens is 158 g/mol. The highest BCUT2D eigenvalue weighted by Crippen LogP contribution is 2.19. The largest absolute Gasteiger partial charge is 0.312 e. The molecule has 0 rings (SSSR count). The van der Waals surface area contributed by atoms with Crippen molar-refractivity contribution in [2.75, 3.05) is 6.54 Å². The van der Waals surface area contributed by atoms with Crippen molar-refractivity contribution in [3.8, 4) is 0 Å². The van der Waals surface area contributed by atoms with Crippen LogP contribution in [0.25, 0.3) is 0 Å². The standard InChI is InChI=1S/C12H27N/c1-7-12(6,8-2)13-10-9-11(3,4)5/h13H,7-10H2,1-6H3. The maximum Gasteiger partial charge on any atom is 0.0148 e. The first-order valence-corrected chi connectivity index (χ1v) is 5.58. The first-order chi connectivity index (χ1) is 5.83. The molecule has 0 radical (unpaired) electrons. The van der Waals surface area contributed by atoms with Crippen molar-refractivity contribution in [3.63, 3.8) is 0 Å². The molecule has 0 spiro atoms. The lowest BCUT2D eigenvalue weighted by molar-refractivity contribution is 0.291. The molecule has 0 atom stereocenters. The fourth-order valence-corrected chi connectivity index (χ4v) is 1.24. The van der Waals surface area contributed by atoms with Crippen LogP contribution < -0.4 is 5.32 Å². The van der Waals surface area contributed by atoms with E-state index in [1.807, 2.05) is 0 Å². The molecule has 0 amide bonds. The molecule has 0 aromatic rings. The first kappa shape index (κ1) is 13.0. The molecule has 0 fully saturated rings. The van der Waals surface area contributed by atoms with Gasteiger partial charge in [0.1, 0.15) is 0 Å². The van der Waals surface area contributed by atoms with E-state index in [9.17, 15) is 0 Å². The second kappa shape index (κ2) is 4.99. The summed E-state index contributed by atoms with van der Waals surface area (Å²) in [7, 11) is 0. The van der Waals surface area contributed by atoms with Gasteiger partial charge in [-0.2, -0.15) is 0 Å². The Morgan fingerprint density at radius 3 is 1.69 bits per heavy atom. The monoisotopic (exact) mass is 185 g/mol. The summed E-state index contributed by atoms with van der Waals surface area (Å²) >= 11 is 0. The summed E-state index contributed by atoms with van der Waals surface area (Å²) in [4.78, 5) is 0. The zero-order valence-corrected chi connectivity index (χ0v) is 10.3. The topological polar surface area (TPSA) is 12.0 Å². The van der Waals surface area contributed by atoms with Crippen molar-refractivity contribution < 1.29 is 0 Å². The van der Waals surface area contributed by atoms with E-state index in [0.717, 1.165) is 6.54 Å². The highest BCUT2D eigenvalue weighted by Gasteiger charge is 2.19. The summed E-state index contributed by atoms with van der Waals surface area (Å²) in [5.41, 5.74) is 0.806. The average Bonchev–Trinajstić information content (AvgIpc) is 2.02. The van der Waals surface area contributed by atoms with Crippen molar-refractivity contribution in [2.45, 2.75) is 66.3 Å². The van der Waals surface area contributed by atoms with Crippen molar-refractivity contribution in [1.29, 1.82) is 0 Å². The minimum Gasteiger partial charge on any atom is -0.312 e. The first-order valence-electron chi connectivity index (χ1n) is 5.58. The molecule has 0 aliphatic carbocycles. The molecular formula is C12H27N. The molecule has 0 heterocycles. The van der Waals surface area contributed by atoms with Gasteiger partial charge >= 0.3 is 0 Å². The molecule has 1 nitrogen and oxygen atoms in total. The number of hydrogen-bond acceptors (Lipinski definition) is 1. The van der Waals surface area contributed by atoms with Gasteiger partial charge in [0.2, 0.25) is 0 Å². The zero-order valence-electron chi connectivity index (χ0n) is 10.3. The molecule has 1 heteroatoms. The Balaban J connectivity index is 3.74. The molecule has 0 aromatic heterocycles. The Hall–Kier alpha value is -0.0400. The van der Waals surface area contributed by atoms with Gasteiger partial charge in [0.15, 0.2) is 0 Å². The molecule has 13 heavy (non-hydrogen) atoms. The predicted molar refractivity (Wildman–Crippen MR) is 61.1 cm³/mol. The summed E-state index contributed by atoms with van der Waals surface area (Å²) in [6.07, 6.45) is 3.68. The van der Waals surface area contributed by atoms with Crippen LogP contribution in [0.4, 0.5) is 0 Å². The average molecular weight is 185 g/mol. The lowest BCUT2D eigenvalue weighted by Crippen LogP contribution is -2.42. The van der Waals surface area contributed by atoms with Gasteiger partial charge < -0.3 is 5.32 Å². The van der Waals surface area contributed by atoms with Crippen LogP contribution in [0.3, 0.4) is 0 Å². The van der Waals surface area contributed by atoms with Crippen LogP contribution >= 0.6 is 0 Å². The van der Waals surface area contributed by atoms with Gasteiger partial charge in [0.05, 0.1) is 0 Å². The maximum absolute atomic E-state index is 3.65. The van der Waals surface area contributed by atoms with Crippen LogP contribution in [0.2, 0.25) is 0 Å². The van der Waals surface area contributed by atoms with E-state index < -0.39 is 0 Å². The highest BCUT2D eigenvalue weighted by atomic mass is 15.0. The molecule has 0 bridgehead atoms. The Kier molecular flexibility index (Phi) is 4.98. The smallest absolute Gasteiger partial charge is 0.0148 e. The molecule has 0 aromatic carbocycles. The third-order valence-corrected chi connectivity index (χ3v) is 2.99. The molecule has 1 N–H and O–H groups in total. The minimum atomic E-state index is 0.352. The van der Waals surface area contributed by atoms with E-state index in [2.05, 4.69) is 46.9 Å². The van der Waals surface area contributed by atoms with Crippen LogP contribution in [0.15, 0.2) is 0 Å². The summed E-state index contributed by atoms with van der Waals surface area (Å²) in [6.45, 7) is 14.9. The highest BCUT2D eigenvalue weighted by molar-refractivity contribution is 4.80. The van der Waals surface area contributed by atoms with Gasteiger partial charge in [-0.25, -0.2) is 0 Å². The van der Waals surface area contributed by atoms with E-state index >= 15 is 0 Å². The van der Waals surface area contributed by atoms with Crippen LogP contribution in [-0.4, -0.2) is 12.1 Å². The summed E-state index contributed by atoms with van der Waals surface area (Å²) in [5.74, 6) is 0. The Morgan fingerprint density at radius 1 is 0.923 bits per heavy atom. The molecule has 0 aliphatic rings. The molecule has 0 saturated heterocycles. The summed E-state index contributed by atoms with van der Waals surface area (Å²) in [6, 6.07) is 0. The van der Waals surface area contributed by atoms with Crippen molar-refractivity contribution in [3.05, 3.63) is 0 Å². The SMILES string of the molecule is CCC(C)(CC)NCCC(C)(C)C. The molecule has 0 aliphatic heterocycles. The normalized spacial score (nSPS) is 13.4. The van der Waals surface area contributed by atoms with E-state index in [1.165, 1.54) is 19.3 Å². The summed E-state index contributed by atoms with van der Waals surface area (Å²) in [5, 5.41) is 3.65. The maximum atomic E-state index is 3.65. The fraction of sp³-hybridized carbons (Fsp3) is 1.00. The van der Waals surface area contributed by atoms with E-state index in [-0.39, 0.29) is 0 Å². The number of nitrogens with one attached hydrogen (secondary N) is 1. The Labute approximate surface area is 84.3 Å². The Morgan fingerprint density at radius 2 is 1.38 bits per heavy atom. The van der Waals surface area contributed by atoms with Crippen LogP contribution in [0.1, 0.15) is 60.8 Å². The van der Waals surface area contributed by atoms with Gasteiger partial charge in [0.25, 0.3) is 0 Å². The number of hydrogen-bond donors (Lipinski definition) is 1.